The number of aromatic nitrogens is 1. The topological polar surface area (TPSA) is 59.2 Å². The average molecular weight is 173 g/mol. The van der Waals surface area contributed by atoms with Gasteiger partial charge in [-0.05, 0) is 6.07 Å². The smallest absolute Gasteiger partial charge is 0.238 e. The van der Waals surface area contributed by atoms with Gasteiger partial charge in [-0.2, -0.15) is 8.42 Å². The summed E-state index contributed by atoms with van der Waals surface area (Å²) in [6, 6.07) is 3.04. The highest BCUT2D eigenvalue weighted by atomic mass is 32.2. The van der Waals surface area contributed by atoms with Crippen LogP contribution in [0.5, 0.6) is 5.75 Å². The predicted molar refractivity (Wildman–Crippen MR) is 39.5 cm³/mol. The number of aromatic amines is 1. The number of H-pyrrole nitrogens is 1. The molecule has 5 heteroatoms. The quantitative estimate of drug-likeness (QED) is 0.627. The van der Waals surface area contributed by atoms with Gasteiger partial charge in [0.25, 0.3) is 0 Å². The number of hydrogen-bond acceptors (Lipinski definition) is 3. The first-order valence-electron chi connectivity index (χ1n) is 2.89. The zero-order chi connectivity index (χ0) is 8.27. The molecule has 1 aromatic heterocycles. The number of methoxy groups -OCH3 is 1. The van der Waals surface area contributed by atoms with Gasteiger partial charge in [-0.3, -0.25) is 0 Å². The van der Waals surface area contributed by atoms with Gasteiger partial charge in [-0.1, -0.05) is 0 Å². The zero-order valence-electron chi connectivity index (χ0n) is 5.87. The van der Waals surface area contributed by atoms with E-state index in [4.69, 9.17) is 4.74 Å². The molecule has 11 heavy (non-hydrogen) atoms. The first kappa shape index (κ1) is 7.87. The number of hydrogen-bond donors (Lipinski definition) is 1. The largest absolute Gasteiger partial charge is 0.497 e. The molecule has 0 radical (unpaired) electrons. The summed E-state index contributed by atoms with van der Waals surface area (Å²) in [5, 5.41) is 0. The zero-order valence-corrected chi connectivity index (χ0v) is 6.68. The first-order chi connectivity index (χ1) is 5.24. The van der Waals surface area contributed by atoms with Crippen molar-refractivity contribution in [3.8, 4) is 5.75 Å². The van der Waals surface area contributed by atoms with Crippen LogP contribution >= 0.6 is 0 Å². The van der Waals surface area contributed by atoms with E-state index in [0.717, 1.165) is 0 Å². The number of rotatable bonds is 1. The Labute approximate surface area is 65.0 Å². The minimum Gasteiger partial charge on any atom is -0.497 e. The third-order valence-electron chi connectivity index (χ3n) is 1.16. The number of pyridine rings is 1. The van der Waals surface area contributed by atoms with Crippen LogP contribution < -0.4 is 4.74 Å². The SMILES string of the molecule is COc1cc[nH]c(=S(=O)=O)c1. The fraction of sp³-hybridized carbons (Fsp3) is 0.167. The monoisotopic (exact) mass is 173 g/mol. The van der Waals surface area contributed by atoms with Crippen molar-refractivity contribution >= 4 is 10.3 Å². The second-order valence-electron chi connectivity index (χ2n) is 1.83. The van der Waals surface area contributed by atoms with Crippen LogP contribution in [0.1, 0.15) is 0 Å². The molecule has 0 aliphatic heterocycles. The molecule has 0 saturated carbocycles. The lowest BCUT2D eigenvalue weighted by Crippen LogP contribution is -1.83. The van der Waals surface area contributed by atoms with E-state index in [2.05, 4.69) is 4.98 Å². The molecule has 0 bridgehead atoms. The lowest BCUT2D eigenvalue weighted by molar-refractivity contribution is 0.414. The third-order valence-corrected chi connectivity index (χ3v) is 1.76. The minimum absolute atomic E-state index is 0.115. The predicted octanol–water partition coefficient (Wildman–Crippen LogP) is 0.434. The molecule has 4 nitrogen and oxygen atoms in total. The molecular weight excluding hydrogens is 166 g/mol. The molecule has 1 heterocycles. The van der Waals surface area contributed by atoms with Crippen LogP contribution in [0.15, 0.2) is 18.3 Å². The maximum absolute atomic E-state index is 10.4. The number of nitrogens with one attached hydrogen (secondary N) is 1. The third kappa shape index (κ3) is 1.84. The Morgan fingerprint density at radius 3 is 2.82 bits per heavy atom. The van der Waals surface area contributed by atoms with Crippen molar-refractivity contribution in [2.24, 2.45) is 0 Å². The van der Waals surface area contributed by atoms with E-state index >= 15 is 0 Å². The Balaban J connectivity index is 3.46. The van der Waals surface area contributed by atoms with Gasteiger partial charge in [0.1, 0.15) is 5.75 Å². The second kappa shape index (κ2) is 3.25. The van der Waals surface area contributed by atoms with Gasteiger partial charge >= 0.3 is 0 Å². The van der Waals surface area contributed by atoms with Gasteiger partial charge in [-0.15, -0.1) is 0 Å². The van der Waals surface area contributed by atoms with Crippen molar-refractivity contribution in [1.82, 2.24) is 4.98 Å². The lowest BCUT2D eigenvalue weighted by Gasteiger charge is -1.94. The Bertz CT molecular complexity index is 396. The van der Waals surface area contributed by atoms with E-state index < -0.39 is 10.3 Å². The van der Waals surface area contributed by atoms with E-state index in [0.29, 0.717) is 5.75 Å². The normalized spacial score (nSPS) is 9.18. The van der Waals surface area contributed by atoms with E-state index in [1.165, 1.54) is 19.4 Å². The fourth-order valence-corrected chi connectivity index (χ4v) is 1.02. The molecular formula is C6H7NO3S. The van der Waals surface area contributed by atoms with Gasteiger partial charge in [0.15, 0.2) is 4.64 Å². The summed E-state index contributed by atoms with van der Waals surface area (Å²) in [7, 11) is -0.747. The van der Waals surface area contributed by atoms with Crippen LogP contribution in [0.4, 0.5) is 0 Å². The Morgan fingerprint density at radius 1 is 1.55 bits per heavy atom. The number of ether oxygens (including phenoxy) is 1. The van der Waals surface area contributed by atoms with Gasteiger partial charge < -0.3 is 9.72 Å². The van der Waals surface area contributed by atoms with Crippen molar-refractivity contribution in [1.29, 1.82) is 0 Å². The van der Waals surface area contributed by atoms with Gasteiger partial charge in [0.2, 0.25) is 10.3 Å². The van der Waals surface area contributed by atoms with E-state index in [1.807, 2.05) is 0 Å². The van der Waals surface area contributed by atoms with Gasteiger partial charge in [0, 0.05) is 12.3 Å². The van der Waals surface area contributed by atoms with Crippen molar-refractivity contribution in [3.63, 3.8) is 0 Å². The van der Waals surface area contributed by atoms with Crippen molar-refractivity contribution < 1.29 is 13.2 Å². The first-order valence-corrected chi connectivity index (χ1v) is 3.96. The summed E-state index contributed by atoms with van der Waals surface area (Å²) >= 11 is 0. The molecule has 0 aromatic carbocycles. The van der Waals surface area contributed by atoms with E-state index in [-0.39, 0.29) is 4.64 Å². The van der Waals surface area contributed by atoms with Crippen molar-refractivity contribution in [3.05, 3.63) is 23.0 Å². The maximum Gasteiger partial charge on any atom is 0.238 e. The molecule has 0 aliphatic carbocycles. The summed E-state index contributed by atoms with van der Waals surface area (Å²) < 4.78 is 25.7. The minimum atomic E-state index is -2.23. The highest BCUT2D eigenvalue weighted by Crippen LogP contribution is 2.05. The Morgan fingerprint density at radius 2 is 2.27 bits per heavy atom. The molecule has 0 amide bonds. The summed E-state index contributed by atoms with van der Waals surface area (Å²) in [6.45, 7) is 0. The summed E-state index contributed by atoms with van der Waals surface area (Å²) in [5.41, 5.74) is 0. The molecule has 0 spiro atoms. The second-order valence-corrected chi connectivity index (χ2v) is 2.74. The van der Waals surface area contributed by atoms with Crippen LogP contribution in [-0.4, -0.2) is 20.5 Å². The molecule has 60 valence electrons. The summed E-state index contributed by atoms with van der Waals surface area (Å²) in [5.74, 6) is 0.517. The molecule has 0 unspecified atom stereocenters. The van der Waals surface area contributed by atoms with E-state index in [9.17, 15) is 8.42 Å². The van der Waals surface area contributed by atoms with Gasteiger partial charge in [0.05, 0.1) is 7.11 Å². The molecule has 0 saturated heterocycles. The fourth-order valence-electron chi connectivity index (χ4n) is 0.648. The summed E-state index contributed by atoms with van der Waals surface area (Å²) in [6.07, 6.45) is 1.50. The van der Waals surface area contributed by atoms with Gasteiger partial charge in [-0.25, -0.2) is 0 Å². The molecule has 1 rings (SSSR count). The molecule has 1 N–H and O–H groups in total. The van der Waals surface area contributed by atoms with Crippen molar-refractivity contribution in [2.45, 2.75) is 0 Å². The van der Waals surface area contributed by atoms with Crippen LogP contribution in [0.25, 0.3) is 0 Å². The Kier molecular flexibility index (Phi) is 2.32. The Hall–Kier alpha value is -1.23. The maximum atomic E-state index is 10.4. The van der Waals surface area contributed by atoms with E-state index in [1.54, 1.807) is 6.07 Å². The standard InChI is InChI=1S/C6H7NO3S/c1-10-5-2-3-7-6(4-5)11(8)9/h2-4,7H,1H3. The van der Waals surface area contributed by atoms with Crippen molar-refractivity contribution in [2.75, 3.05) is 7.11 Å². The highest BCUT2D eigenvalue weighted by molar-refractivity contribution is 7.63. The summed E-state index contributed by atoms with van der Waals surface area (Å²) in [4.78, 5) is 2.55. The van der Waals surface area contributed by atoms with Crippen LogP contribution in [0, 0.1) is 4.64 Å². The molecule has 0 aliphatic rings. The van der Waals surface area contributed by atoms with Crippen LogP contribution in [-0.2, 0) is 10.3 Å². The van der Waals surface area contributed by atoms with Crippen LogP contribution in [0.3, 0.4) is 0 Å². The molecule has 0 atom stereocenters. The molecule has 1 aromatic rings. The average Bonchev–Trinajstić information content (AvgIpc) is 2.05. The highest BCUT2D eigenvalue weighted by Gasteiger charge is 1.88. The van der Waals surface area contributed by atoms with Crippen LogP contribution in [0.2, 0.25) is 0 Å². The molecule has 0 fully saturated rings. The lowest BCUT2D eigenvalue weighted by atomic mass is 10.5.